The Hall–Kier alpha value is -4.45. The van der Waals surface area contributed by atoms with E-state index in [-0.39, 0.29) is 34.3 Å². The van der Waals surface area contributed by atoms with Crippen molar-refractivity contribution in [2.75, 3.05) is 0 Å². The third-order valence-electron chi connectivity index (χ3n) is 6.08. The van der Waals surface area contributed by atoms with Crippen LogP contribution in [-0.4, -0.2) is 16.1 Å². The maximum atomic E-state index is 13.4. The molecular weight excluding hydrogens is 418 g/mol. The number of rotatable bonds is 2. The highest BCUT2D eigenvalue weighted by molar-refractivity contribution is 5.94. The lowest BCUT2D eigenvalue weighted by atomic mass is 9.84. The van der Waals surface area contributed by atoms with Crippen molar-refractivity contribution in [2.45, 2.75) is 12.3 Å². The minimum absolute atomic E-state index is 0.0699. The molecule has 33 heavy (non-hydrogen) atoms. The maximum absolute atomic E-state index is 13.4. The molecule has 5 aromatic rings. The van der Waals surface area contributed by atoms with Crippen molar-refractivity contribution >= 4 is 27.8 Å². The number of aromatic hydroxyl groups is 1. The first kappa shape index (κ1) is 19.3. The van der Waals surface area contributed by atoms with Gasteiger partial charge in [-0.25, -0.2) is 0 Å². The van der Waals surface area contributed by atoms with Crippen LogP contribution >= 0.6 is 0 Å². The van der Waals surface area contributed by atoms with Crippen LogP contribution in [0.5, 0.6) is 11.5 Å². The summed E-state index contributed by atoms with van der Waals surface area (Å²) in [7, 11) is 0. The molecular formula is C27H17NO5. The van der Waals surface area contributed by atoms with Crippen LogP contribution in [0.1, 0.15) is 23.5 Å². The van der Waals surface area contributed by atoms with E-state index < -0.39 is 11.9 Å². The predicted molar refractivity (Wildman–Crippen MR) is 123 cm³/mol. The lowest BCUT2D eigenvalue weighted by Crippen LogP contribution is -2.22. The number of carbonyl (C=O) groups is 1. The summed E-state index contributed by atoms with van der Waals surface area (Å²) < 4.78 is 11.4. The fraction of sp³-hybridized carbons (Fsp3) is 0.0741. The third kappa shape index (κ3) is 3.07. The predicted octanol–water partition coefficient (Wildman–Crippen LogP) is 5.15. The Morgan fingerprint density at radius 2 is 1.82 bits per heavy atom. The van der Waals surface area contributed by atoms with Crippen LogP contribution in [0.4, 0.5) is 0 Å². The van der Waals surface area contributed by atoms with Gasteiger partial charge in [0.25, 0.3) is 0 Å². The first-order chi connectivity index (χ1) is 16.1. The van der Waals surface area contributed by atoms with Crippen LogP contribution in [0.3, 0.4) is 0 Å². The Labute approximate surface area is 187 Å². The van der Waals surface area contributed by atoms with Gasteiger partial charge in [-0.05, 0) is 29.3 Å². The molecule has 0 unspecified atom stereocenters. The number of ether oxygens (including phenoxy) is 1. The minimum atomic E-state index is -0.416. The van der Waals surface area contributed by atoms with E-state index in [1.165, 1.54) is 12.3 Å². The average Bonchev–Trinajstić information content (AvgIpc) is 2.83. The van der Waals surface area contributed by atoms with E-state index in [0.29, 0.717) is 16.7 Å². The molecule has 1 atom stereocenters. The monoisotopic (exact) mass is 435 g/mol. The van der Waals surface area contributed by atoms with Crippen molar-refractivity contribution in [1.29, 1.82) is 0 Å². The molecule has 6 nitrogen and oxygen atoms in total. The van der Waals surface area contributed by atoms with Crippen LogP contribution in [0.25, 0.3) is 33.0 Å². The molecule has 160 valence electrons. The summed E-state index contributed by atoms with van der Waals surface area (Å²) in [5.41, 5.74) is 3.20. The van der Waals surface area contributed by atoms with Gasteiger partial charge in [-0.2, -0.15) is 0 Å². The van der Waals surface area contributed by atoms with Crippen molar-refractivity contribution in [3.63, 3.8) is 0 Å². The van der Waals surface area contributed by atoms with Gasteiger partial charge in [0, 0.05) is 29.1 Å². The highest BCUT2D eigenvalue weighted by atomic mass is 16.5. The Morgan fingerprint density at radius 1 is 0.970 bits per heavy atom. The highest BCUT2D eigenvalue weighted by Crippen LogP contribution is 2.45. The SMILES string of the molecule is O=C1C[C@@H](c2ccc3ncccc3c2)c2c(cc(O)c3c(=O)c(-c4ccccc4)coc23)O1. The van der Waals surface area contributed by atoms with Gasteiger partial charge >= 0.3 is 5.97 Å². The van der Waals surface area contributed by atoms with Gasteiger partial charge in [0.05, 0.1) is 17.5 Å². The van der Waals surface area contributed by atoms with E-state index in [9.17, 15) is 14.7 Å². The van der Waals surface area contributed by atoms with Gasteiger partial charge in [0.15, 0.2) is 0 Å². The number of benzene rings is 3. The lowest BCUT2D eigenvalue weighted by Gasteiger charge is -2.26. The van der Waals surface area contributed by atoms with Crippen molar-refractivity contribution in [3.05, 3.63) is 101 Å². The quantitative estimate of drug-likeness (QED) is 0.305. The molecule has 0 amide bonds. The Balaban J connectivity index is 1.61. The molecule has 2 aromatic heterocycles. The highest BCUT2D eigenvalue weighted by Gasteiger charge is 2.33. The van der Waals surface area contributed by atoms with Crippen LogP contribution in [0, 0.1) is 0 Å². The number of esters is 1. The van der Waals surface area contributed by atoms with Gasteiger partial charge in [-0.15, -0.1) is 0 Å². The number of phenols is 1. The topological polar surface area (TPSA) is 89.6 Å². The van der Waals surface area contributed by atoms with Gasteiger partial charge in [0.2, 0.25) is 5.43 Å². The molecule has 0 bridgehead atoms. The smallest absolute Gasteiger partial charge is 0.312 e. The van der Waals surface area contributed by atoms with Gasteiger partial charge < -0.3 is 14.3 Å². The molecule has 0 spiro atoms. The molecule has 6 heteroatoms. The molecule has 0 radical (unpaired) electrons. The number of pyridine rings is 1. The molecule has 0 saturated heterocycles. The van der Waals surface area contributed by atoms with Crippen molar-refractivity contribution in [1.82, 2.24) is 4.98 Å². The molecule has 0 fully saturated rings. The first-order valence-electron chi connectivity index (χ1n) is 10.5. The molecule has 3 heterocycles. The third-order valence-corrected chi connectivity index (χ3v) is 6.08. The number of carbonyl (C=O) groups excluding carboxylic acids is 1. The zero-order valence-corrected chi connectivity index (χ0v) is 17.3. The molecule has 3 aromatic carbocycles. The van der Waals surface area contributed by atoms with Gasteiger partial charge in [-0.1, -0.05) is 42.5 Å². The Morgan fingerprint density at radius 3 is 2.67 bits per heavy atom. The molecule has 0 saturated carbocycles. The van der Waals surface area contributed by atoms with E-state index >= 15 is 0 Å². The molecule has 6 rings (SSSR count). The average molecular weight is 435 g/mol. The van der Waals surface area contributed by atoms with Crippen LogP contribution in [0.2, 0.25) is 0 Å². The second-order valence-electron chi connectivity index (χ2n) is 8.04. The zero-order valence-electron chi connectivity index (χ0n) is 17.3. The van der Waals surface area contributed by atoms with E-state index in [0.717, 1.165) is 16.5 Å². The minimum Gasteiger partial charge on any atom is -0.507 e. The summed E-state index contributed by atoms with van der Waals surface area (Å²) in [6.45, 7) is 0. The second-order valence-corrected chi connectivity index (χ2v) is 8.04. The van der Waals surface area contributed by atoms with Crippen molar-refractivity contribution in [3.8, 4) is 22.6 Å². The summed E-state index contributed by atoms with van der Waals surface area (Å²) >= 11 is 0. The number of hydrogen-bond donors (Lipinski definition) is 1. The molecule has 1 aliphatic rings. The fourth-order valence-corrected chi connectivity index (χ4v) is 4.54. The van der Waals surface area contributed by atoms with Crippen LogP contribution in [0.15, 0.2) is 88.4 Å². The number of aromatic nitrogens is 1. The zero-order chi connectivity index (χ0) is 22.5. The van der Waals surface area contributed by atoms with Crippen molar-refractivity contribution < 1.29 is 19.1 Å². The van der Waals surface area contributed by atoms with Gasteiger partial charge in [-0.3, -0.25) is 14.6 Å². The summed E-state index contributed by atoms with van der Waals surface area (Å²) in [4.78, 5) is 30.2. The molecule has 1 aliphatic heterocycles. The maximum Gasteiger partial charge on any atom is 0.312 e. The van der Waals surface area contributed by atoms with Crippen molar-refractivity contribution in [2.24, 2.45) is 0 Å². The Kier molecular flexibility index (Phi) is 4.26. The molecule has 0 aliphatic carbocycles. The van der Waals surface area contributed by atoms with E-state index in [1.54, 1.807) is 18.3 Å². The van der Waals surface area contributed by atoms with Crippen LogP contribution in [-0.2, 0) is 4.79 Å². The molecule has 1 N–H and O–H groups in total. The van der Waals surface area contributed by atoms with E-state index in [2.05, 4.69) is 4.98 Å². The summed E-state index contributed by atoms with van der Waals surface area (Å²) in [6, 6.07) is 20.1. The fourth-order valence-electron chi connectivity index (χ4n) is 4.54. The lowest BCUT2D eigenvalue weighted by molar-refractivity contribution is -0.135. The normalized spacial score (nSPS) is 15.4. The summed E-state index contributed by atoms with van der Waals surface area (Å²) in [6.07, 6.45) is 3.21. The summed E-state index contributed by atoms with van der Waals surface area (Å²) in [5.74, 6) is -0.907. The largest absolute Gasteiger partial charge is 0.507 e. The standard InChI is InChI=1S/C27H17NO5/c29-21-13-22-24(27-25(21)26(31)19(14-32-27)15-5-2-1-3-6-15)18(12-23(30)33-22)16-8-9-20-17(11-16)7-4-10-28-20/h1-11,13-14,18,29H,12H2/t18-/m0/s1. The second kappa shape index (κ2) is 7.31. The van der Waals surface area contributed by atoms with Gasteiger partial charge in [0.1, 0.15) is 28.7 Å². The Bertz CT molecular complexity index is 1620. The first-order valence-corrected chi connectivity index (χ1v) is 10.5. The number of nitrogens with zero attached hydrogens (tertiary/aromatic N) is 1. The van der Waals surface area contributed by atoms with E-state index in [1.807, 2.05) is 48.5 Å². The number of phenolic OH excluding ortho intramolecular Hbond substituents is 1. The number of hydrogen-bond acceptors (Lipinski definition) is 6. The number of fused-ring (bicyclic) bond motifs is 4. The van der Waals surface area contributed by atoms with Crippen LogP contribution < -0.4 is 10.2 Å². The van der Waals surface area contributed by atoms with E-state index in [4.69, 9.17) is 9.15 Å². The summed E-state index contributed by atoms with van der Waals surface area (Å²) in [5, 5.41) is 11.7.